The number of benzene rings is 2. The number of alkyl halides is 1. The summed E-state index contributed by atoms with van der Waals surface area (Å²) < 4.78 is 5.73. The third-order valence-corrected chi connectivity index (χ3v) is 3.92. The van der Waals surface area contributed by atoms with Gasteiger partial charge in [0.15, 0.2) is 0 Å². The molecule has 2 aromatic carbocycles. The summed E-state index contributed by atoms with van der Waals surface area (Å²) in [6.45, 7) is 3.78. The zero-order chi connectivity index (χ0) is 15.6. The van der Waals surface area contributed by atoms with E-state index in [1.807, 2.05) is 26.0 Å². The fraction of sp³-hybridized carbons (Fsp3) is 0.200. The summed E-state index contributed by atoms with van der Waals surface area (Å²) in [6.07, 6.45) is 0. The Hall–Kier alpha value is -1.78. The van der Waals surface area contributed by atoms with Gasteiger partial charge in [0.2, 0.25) is 0 Å². The topological polar surface area (TPSA) is 52.4 Å². The molecule has 4 nitrogen and oxygen atoms in total. The van der Waals surface area contributed by atoms with E-state index in [1.54, 1.807) is 12.1 Å². The van der Waals surface area contributed by atoms with E-state index >= 15 is 0 Å². The van der Waals surface area contributed by atoms with Gasteiger partial charge in [-0.1, -0.05) is 11.6 Å². The Morgan fingerprint density at radius 3 is 2.29 bits per heavy atom. The fourth-order valence-electron chi connectivity index (χ4n) is 2.01. The standard InChI is InChI=1S/C15H13Cl2NO3/c1-9-5-13(6-10(2)15(9)17)21-12-3-4-14(18(19)20)11(7-12)8-16/h3-7H,8H2,1-2H3. The summed E-state index contributed by atoms with van der Waals surface area (Å²) in [5.74, 6) is 1.17. The first-order chi connectivity index (χ1) is 9.92. The highest BCUT2D eigenvalue weighted by Crippen LogP contribution is 2.31. The lowest BCUT2D eigenvalue weighted by Gasteiger charge is -2.10. The first-order valence-corrected chi connectivity index (χ1v) is 7.11. The SMILES string of the molecule is Cc1cc(Oc2ccc([N+](=O)[O-])c(CCl)c2)cc(C)c1Cl. The van der Waals surface area contributed by atoms with Crippen LogP contribution in [0.1, 0.15) is 16.7 Å². The Labute approximate surface area is 132 Å². The van der Waals surface area contributed by atoms with Crippen molar-refractivity contribution < 1.29 is 9.66 Å². The first kappa shape index (κ1) is 15.6. The minimum atomic E-state index is -0.460. The molecule has 0 bridgehead atoms. The van der Waals surface area contributed by atoms with Crippen molar-refractivity contribution in [1.82, 2.24) is 0 Å². The predicted molar refractivity (Wildman–Crippen MR) is 83.7 cm³/mol. The molecular formula is C15H13Cl2NO3. The van der Waals surface area contributed by atoms with Crippen LogP contribution in [0, 0.1) is 24.0 Å². The molecule has 21 heavy (non-hydrogen) atoms. The lowest BCUT2D eigenvalue weighted by Crippen LogP contribution is -1.95. The number of nitro groups is 1. The Balaban J connectivity index is 2.34. The normalized spacial score (nSPS) is 10.5. The molecule has 0 unspecified atom stereocenters. The summed E-state index contributed by atoms with van der Waals surface area (Å²) >= 11 is 11.9. The van der Waals surface area contributed by atoms with Crippen LogP contribution >= 0.6 is 23.2 Å². The third kappa shape index (κ3) is 3.46. The number of hydrogen-bond acceptors (Lipinski definition) is 3. The summed E-state index contributed by atoms with van der Waals surface area (Å²) in [5, 5.41) is 11.6. The number of rotatable bonds is 4. The number of nitrogens with zero attached hydrogens (tertiary/aromatic N) is 1. The van der Waals surface area contributed by atoms with Gasteiger partial charge < -0.3 is 4.74 Å². The number of ether oxygens (including phenoxy) is 1. The smallest absolute Gasteiger partial charge is 0.274 e. The second kappa shape index (κ2) is 6.33. The minimum Gasteiger partial charge on any atom is -0.457 e. The van der Waals surface area contributed by atoms with Crippen LogP contribution in [0.25, 0.3) is 0 Å². The fourth-order valence-corrected chi connectivity index (χ4v) is 2.33. The summed E-state index contributed by atoms with van der Waals surface area (Å²) in [5.41, 5.74) is 2.22. The van der Waals surface area contributed by atoms with Gasteiger partial charge in [-0.05, 0) is 49.2 Å². The van der Waals surface area contributed by atoms with Crippen molar-refractivity contribution in [3.8, 4) is 11.5 Å². The van der Waals surface area contributed by atoms with E-state index in [0.717, 1.165) is 11.1 Å². The van der Waals surface area contributed by atoms with E-state index in [-0.39, 0.29) is 11.6 Å². The highest BCUT2D eigenvalue weighted by atomic mass is 35.5. The van der Waals surface area contributed by atoms with Crippen molar-refractivity contribution in [2.75, 3.05) is 0 Å². The Morgan fingerprint density at radius 1 is 1.14 bits per heavy atom. The minimum absolute atomic E-state index is 0.0131. The van der Waals surface area contributed by atoms with Crippen molar-refractivity contribution in [3.63, 3.8) is 0 Å². The number of nitro benzene ring substituents is 1. The van der Waals surface area contributed by atoms with Crippen molar-refractivity contribution in [1.29, 1.82) is 0 Å². The van der Waals surface area contributed by atoms with E-state index in [9.17, 15) is 10.1 Å². The van der Waals surface area contributed by atoms with Gasteiger partial charge in [0.25, 0.3) is 5.69 Å². The molecule has 6 heteroatoms. The van der Waals surface area contributed by atoms with E-state index < -0.39 is 4.92 Å². The van der Waals surface area contributed by atoms with Crippen LogP contribution in [0.4, 0.5) is 5.69 Å². The van der Waals surface area contributed by atoms with E-state index in [2.05, 4.69) is 0 Å². The molecular weight excluding hydrogens is 313 g/mol. The van der Waals surface area contributed by atoms with Crippen LogP contribution < -0.4 is 4.74 Å². The second-order valence-corrected chi connectivity index (χ2v) is 5.30. The second-order valence-electron chi connectivity index (χ2n) is 4.65. The Bertz CT molecular complexity index is 678. The van der Waals surface area contributed by atoms with Crippen molar-refractivity contribution in [2.45, 2.75) is 19.7 Å². The molecule has 110 valence electrons. The largest absolute Gasteiger partial charge is 0.457 e. The molecule has 0 radical (unpaired) electrons. The average molecular weight is 326 g/mol. The zero-order valence-corrected chi connectivity index (χ0v) is 13.0. The van der Waals surface area contributed by atoms with E-state index in [0.29, 0.717) is 22.1 Å². The van der Waals surface area contributed by atoms with Crippen LogP contribution in [0.3, 0.4) is 0 Å². The van der Waals surface area contributed by atoms with Gasteiger partial charge in [0, 0.05) is 16.7 Å². The van der Waals surface area contributed by atoms with Gasteiger partial charge in [-0.25, -0.2) is 0 Å². The van der Waals surface area contributed by atoms with Gasteiger partial charge in [-0.3, -0.25) is 10.1 Å². The van der Waals surface area contributed by atoms with Gasteiger partial charge in [-0.2, -0.15) is 0 Å². The maximum Gasteiger partial charge on any atom is 0.274 e. The van der Waals surface area contributed by atoms with Crippen molar-refractivity contribution in [3.05, 3.63) is 62.2 Å². The van der Waals surface area contributed by atoms with E-state index in [1.165, 1.54) is 6.07 Å². The molecule has 0 atom stereocenters. The zero-order valence-electron chi connectivity index (χ0n) is 11.5. The van der Waals surface area contributed by atoms with Crippen LogP contribution in [0.5, 0.6) is 11.5 Å². The van der Waals surface area contributed by atoms with Crippen LogP contribution in [-0.2, 0) is 5.88 Å². The highest BCUT2D eigenvalue weighted by molar-refractivity contribution is 6.32. The summed E-state index contributed by atoms with van der Waals surface area (Å²) in [6, 6.07) is 8.15. The van der Waals surface area contributed by atoms with Gasteiger partial charge in [0.1, 0.15) is 11.5 Å². The number of hydrogen-bond donors (Lipinski definition) is 0. The van der Waals surface area contributed by atoms with Crippen LogP contribution in [0.15, 0.2) is 30.3 Å². The molecule has 0 aliphatic carbocycles. The van der Waals surface area contributed by atoms with Crippen LogP contribution in [-0.4, -0.2) is 4.92 Å². The quantitative estimate of drug-likeness (QED) is 0.430. The molecule has 0 aromatic heterocycles. The Kier molecular flexibility index (Phi) is 4.70. The van der Waals surface area contributed by atoms with Gasteiger partial charge in [0.05, 0.1) is 10.8 Å². The number of halogens is 2. The maximum absolute atomic E-state index is 10.9. The molecule has 0 saturated heterocycles. The molecule has 0 heterocycles. The molecule has 0 fully saturated rings. The Morgan fingerprint density at radius 2 is 1.76 bits per heavy atom. The number of aryl methyl sites for hydroxylation is 2. The summed E-state index contributed by atoms with van der Waals surface area (Å²) in [7, 11) is 0. The molecule has 0 spiro atoms. The van der Waals surface area contributed by atoms with Gasteiger partial charge in [-0.15, -0.1) is 11.6 Å². The monoisotopic (exact) mass is 325 g/mol. The van der Waals surface area contributed by atoms with Gasteiger partial charge >= 0.3 is 0 Å². The molecule has 2 aromatic rings. The molecule has 0 N–H and O–H groups in total. The third-order valence-electron chi connectivity index (χ3n) is 3.04. The molecule has 0 amide bonds. The van der Waals surface area contributed by atoms with Crippen LogP contribution in [0.2, 0.25) is 5.02 Å². The lowest BCUT2D eigenvalue weighted by atomic mass is 10.1. The molecule has 2 rings (SSSR count). The molecule has 0 aliphatic heterocycles. The van der Waals surface area contributed by atoms with Crippen molar-refractivity contribution in [2.24, 2.45) is 0 Å². The van der Waals surface area contributed by atoms with Crippen molar-refractivity contribution >= 4 is 28.9 Å². The summed E-state index contributed by atoms with van der Waals surface area (Å²) in [4.78, 5) is 10.4. The molecule has 0 aliphatic rings. The molecule has 0 saturated carbocycles. The highest BCUT2D eigenvalue weighted by Gasteiger charge is 2.14. The maximum atomic E-state index is 10.9. The lowest BCUT2D eigenvalue weighted by molar-refractivity contribution is -0.385. The first-order valence-electron chi connectivity index (χ1n) is 6.20. The average Bonchev–Trinajstić information content (AvgIpc) is 2.44. The predicted octanol–water partition coefficient (Wildman–Crippen LogP) is 5.40. The van der Waals surface area contributed by atoms with E-state index in [4.69, 9.17) is 27.9 Å².